The maximum absolute atomic E-state index is 6.46. The molecule has 3 unspecified atom stereocenters. The minimum Gasteiger partial charge on any atom is -0.326 e. The van der Waals surface area contributed by atoms with E-state index in [1.807, 2.05) is 10.7 Å². The Labute approximate surface area is 178 Å². The van der Waals surface area contributed by atoms with Gasteiger partial charge in [0.25, 0.3) is 0 Å². The van der Waals surface area contributed by atoms with Crippen LogP contribution in [0.2, 0.25) is 0 Å². The van der Waals surface area contributed by atoms with Crippen LogP contribution in [-0.4, -0.2) is 32.3 Å². The Morgan fingerprint density at radius 1 is 1.03 bits per heavy atom. The van der Waals surface area contributed by atoms with Crippen LogP contribution in [0, 0.1) is 0 Å². The maximum atomic E-state index is 6.46. The molecule has 30 heavy (non-hydrogen) atoms. The highest BCUT2D eigenvalue weighted by atomic mass is 15.5. The van der Waals surface area contributed by atoms with E-state index in [-0.39, 0.29) is 18.1 Å². The fraction of sp³-hybridized carbons (Fsp3) is 0.458. The first-order chi connectivity index (χ1) is 14.8. The number of hydrogen-bond donors (Lipinski definition) is 2. The van der Waals surface area contributed by atoms with Crippen molar-refractivity contribution in [1.82, 2.24) is 25.5 Å². The van der Waals surface area contributed by atoms with Crippen molar-refractivity contribution in [2.75, 3.05) is 0 Å². The number of nitrogens with two attached hydrogens (primary N) is 1. The van der Waals surface area contributed by atoms with Crippen molar-refractivity contribution in [1.29, 1.82) is 0 Å². The molecule has 1 fully saturated rings. The third-order valence-electron chi connectivity index (χ3n) is 6.09. The lowest BCUT2D eigenvalue weighted by Crippen LogP contribution is -2.48. The van der Waals surface area contributed by atoms with Crippen LogP contribution in [0.4, 0.5) is 0 Å². The fourth-order valence-electron chi connectivity index (χ4n) is 4.28. The summed E-state index contributed by atoms with van der Waals surface area (Å²) in [5.74, 6) is 0.869. The molecule has 0 spiro atoms. The predicted molar refractivity (Wildman–Crippen MR) is 120 cm³/mol. The van der Waals surface area contributed by atoms with E-state index in [1.165, 1.54) is 29.5 Å². The molecule has 6 nitrogen and oxygen atoms in total. The largest absolute Gasteiger partial charge is 0.326 e. The number of unbranched alkanes of at least 4 members (excludes halogenated alkanes) is 1. The quantitative estimate of drug-likeness (QED) is 0.591. The highest BCUT2D eigenvalue weighted by Gasteiger charge is 2.28. The highest BCUT2D eigenvalue weighted by molar-refractivity contribution is 5.63. The summed E-state index contributed by atoms with van der Waals surface area (Å²) in [6.07, 6.45) is 6.75. The van der Waals surface area contributed by atoms with Gasteiger partial charge in [0.2, 0.25) is 0 Å². The molecule has 1 aliphatic carbocycles. The van der Waals surface area contributed by atoms with Crippen molar-refractivity contribution in [3.8, 4) is 11.1 Å². The summed E-state index contributed by atoms with van der Waals surface area (Å²) >= 11 is 0. The second kappa shape index (κ2) is 9.96. The molecule has 3 N–H and O–H groups in total. The Hall–Kier alpha value is -2.57. The van der Waals surface area contributed by atoms with Crippen LogP contribution >= 0.6 is 0 Å². The minimum absolute atomic E-state index is 0.0733. The monoisotopic (exact) mass is 404 g/mol. The number of hydrogen-bond acceptors (Lipinski definition) is 5. The van der Waals surface area contributed by atoms with E-state index in [1.54, 1.807) is 0 Å². The van der Waals surface area contributed by atoms with Gasteiger partial charge in [-0.05, 0) is 46.4 Å². The van der Waals surface area contributed by atoms with Crippen LogP contribution in [0.25, 0.3) is 11.1 Å². The van der Waals surface area contributed by atoms with Crippen molar-refractivity contribution in [3.63, 3.8) is 0 Å². The SMILES string of the molecule is CCCCn1nnnc1C(NC1CCCCC1N)c1ccc(-c2ccccc2)cc1. The van der Waals surface area contributed by atoms with Crippen molar-refractivity contribution in [2.24, 2.45) is 5.73 Å². The summed E-state index contributed by atoms with van der Waals surface area (Å²) in [7, 11) is 0. The summed E-state index contributed by atoms with van der Waals surface area (Å²) in [5.41, 5.74) is 10.0. The Morgan fingerprint density at radius 3 is 2.50 bits per heavy atom. The smallest absolute Gasteiger partial charge is 0.172 e. The Balaban J connectivity index is 1.64. The van der Waals surface area contributed by atoms with E-state index < -0.39 is 0 Å². The Morgan fingerprint density at radius 2 is 1.77 bits per heavy atom. The van der Waals surface area contributed by atoms with Crippen molar-refractivity contribution in [3.05, 3.63) is 66.0 Å². The van der Waals surface area contributed by atoms with Gasteiger partial charge in [-0.2, -0.15) is 0 Å². The van der Waals surface area contributed by atoms with Crippen LogP contribution in [0.5, 0.6) is 0 Å². The molecule has 0 saturated heterocycles. The van der Waals surface area contributed by atoms with Gasteiger partial charge in [-0.3, -0.25) is 5.32 Å². The molecule has 0 bridgehead atoms. The fourth-order valence-corrected chi connectivity index (χ4v) is 4.28. The highest BCUT2D eigenvalue weighted by Crippen LogP contribution is 2.27. The van der Waals surface area contributed by atoms with Gasteiger partial charge in [0.05, 0.1) is 6.04 Å². The zero-order valence-electron chi connectivity index (χ0n) is 17.7. The number of aryl methyl sites for hydroxylation is 1. The molecular weight excluding hydrogens is 372 g/mol. The Kier molecular flexibility index (Phi) is 6.87. The van der Waals surface area contributed by atoms with Gasteiger partial charge < -0.3 is 5.73 Å². The van der Waals surface area contributed by atoms with Gasteiger partial charge in [-0.1, -0.05) is 80.8 Å². The number of nitrogens with one attached hydrogen (secondary N) is 1. The average Bonchev–Trinajstić information content (AvgIpc) is 3.26. The molecule has 6 heteroatoms. The normalized spacial score (nSPS) is 20.2. The van der Waals surface area contributed by atoms with Gasteiger partial charge in [0.15, 0.2) is 5.82 Å². The standard InChI is InChI=1S/C24H32N6/c1-2-3-17-30-24(27-28-29-30)23(26-22-12-8-7-11-21(22)25)20-15-13-19(14-16-20)18-9-5-4-6-10-18/h4-6,9-10,13-16,21-23,26H,2-3,7-8,11-12,17,25H2,1H3. The van der Waals surface area contributed by atoms with Crippen molar-refractivity contribution >= 4 is 0 Å². The second-order valence-corrected chi connectivity index (χ2v) is 8.26. The summed E-state index contributed by atoms with van der Waals surface area (Å²) in [6.45, 7) is 3.01. The zero-order valence-corrected chi connectivity index (χ0v) is 17.7. The van der Waals surface area contributed by atoms with E-state index in [2.05, 4.69) is 76.3 Å². The Bertz CT molecular complexity index is 905. The van der Waals surface area contributed by atoms with Crippen LogP contribution < -0.4 is 11.1 Å². The predicted octanol–water partition coefficient (Wildman–Crippen LogP) is 4.09. The molecule has 0 radical (unpaired) electrons. The van der Waals surface area contributed by atoms with Crippen LogP contribution in [0.15, 0.2) is 54.6 Å². The first-order valence-electron chi connectivity index (χ1n) is 11.2. The van der Waals surface area contributed by atoms with Gasteiger partial charge >= 0.3 is 0 Å². The van der Waals surface area contributed by atoms with Gasteiger partial charge in [0, 0.05) is 18.6 Å². The molecule has 3 aromatic rings. The molecule has 158 valence electrons. The number of benzene rings is 2. The molecule has 1 aliphatic rings. The lowest BCUT2D eigenvalue weighted by atomic mass is 9.89. The van der Waals surface area contributed by atoms with Crippen molar-refractivity contribution in [2.45, 2.75) is 70.1 Å². The van der Waals surface area contributed by atoms with E-state index in [4.69, 9.17) is 5.73 Å². The van der Waals surface area contributed by atoms with Crippen LogP contribution in [0.3, 0.4) is 0 Å². The number of aromatic nitrogens is 4. The third kappa shape index (κ3) is 4.77. The molecule has 4 rings (SSSR count). The van der Waals surface area contributed by atoms with Gasteiger partial charge in [0.1, 0.15) is 0 Å². The molecule has 1 saturated carbocycles. The van der Waals surface area contributed by atoms with E-state index in [0.717, 1.165) is 38.1 Å². The maximum Gasteiger partial charge on any atom is 0.172 e. The number of tetrazole rings is 1. The third-order valence-corrected chi connectivity index (χ3v) is 6.09. The summed E-state index contributed by atoms with van der Waals surface area (Å²) in [4.78, 5) is 0. The lowest BCUT2D eigenvalue weighted by molar-refractivity contribution is 0.305. The summed E-state index contributed by atoms with van der Waals surface area (Å²) in [5, 5.41) is 16.5. The van der Waals surface area contributed by atoms with E-state index in [9.17, 15) is 0 Å². The minimum atomic E-state index is -0.0733. The average molecular weight is 405 g/mol. The molecule has 1 aromatic heterocycles. The topological polar surface area (TPSA) is 81.7 Å². The molecular formula is C24H32N6. The van der Waals surface area contributed by atoms with Gasteiger partial charge in [-0.15, -0.1) is 5.10 Å². The second-order valence-electron chi connectivity index (χ2n) is 8.26. The summed E-state index contributed by atoms with van der Waals surface area (Å²) in [6, 6.07) is 19.6. The number of rotatable bonds is 8. The van der Waals surface area contributed by atoms with Crippen LogP contribution in [-0.2, 0) is 6.54 Å². The first-order valence-corrected chi connectivity index (χ1v) is 11.2. The first kappa shape index (κ1) is 20.7. The van der Waals surface area contributed by atoms with Crippen LogP contribution in [0.1, 0.15) is 62.9 Å². The number of nitrogens with zero attached hydrogens (tertiary/aromatic N) is 4. The molecule has 1 heterocycles. The lowest BCUT2D eigenvalue weighted by Gasteiger charge is -2.33. The van der Waals surface area contributed by atoms with Gasteiger partial charge in [-0.25, -0.2) is 4.68 Å². The summed E-state index contributed by atoms with van der Waals surface area (Å²) < 4.78 is 1.95. The zero-order chi connectivity index (χ0) is 20.8. The van der Waals surface area contributed by atoms with E-state index >= 15 is 0 Å². The molecule has 3 atom stereocenters. The molecule has 0 amide bonds. The van der Waals surface area contributed by atoms with E-state index in [0.29, 0.717) is 0 Å². The molecule has 0 aliphatic heterocycles. The molecule has 2 aromatic carbocycles. The van der Waals surface area contributed by atoms with Crippen molar-refractivity contribution < 1.29 is 0 Å².